The summed E-state index contributed by atoms with van der Waals surface area (Å²) in [6.07, 6.45) is 0. The Balaban J connectivity index is 2.31. The van der Waals surface area contributed by atoms with Crippen molar-refractivity contribution in [2.75, 3.05) is 6.54 Å². The van der Waals surface area contributed by atoms with Crippen molar-refractivity contribution in [3.63, 3.8) is 0 Å². The molecule has 0 radical (unpaired) electrons. The van der Waals surface area contributed by atoms with E-state index in [1.54, 1.807) is 12.1 Å². The lowest BCUT2D eigenvalue weighted by atomic mass is 10.0. The zero-order valence-corrected chi connectivity index (χ0v) is 10.0. The van der Waals surface area contributed by atoms with E-state index in [-0.39, 0.29) is 11.9 Å². The molecule has 0 aliphatic rings. The van der Waals surface area contributed by atoms with Crippen molar-refractivity contribution >= 4 is 0 Å². The van der Waals surface area contributed by atoms with Crippen LogP contribution in [0.5, 0.6) is 0 Å². The molecule has 2 nitrogen and oxygen atoms in total. The van der Waals surface area contributed by atoms with Crippen molar-refractivity contribution in [3.8, 4) is 0 Å². The first-order valence-electron chi connectivity index (χ1n) is 5.76. The summed E-state index contributed by atoms with van der Waals surface area (Å²) >= 11 is 0. The van der Waals surface area contributed by atoms with Gasteiger partial charge in [0.1, 0.15) is 17.3 Å². The molecule has 1 aromatic carbocycles. The number of benzene rings is 1. The van der Waals surface area contributed by atoms with Crippen LogP contribution in [-0.4, -0.2) is 6.54 Å². The van der Waals surface area contributed by atoms with Gasteiger partial charge in [-0.25, -0.2) is 4.39 Å². The van der Waals surface area contributed by atoms with Gasteiger partial charge in [-0.05, 0) is 43.3 Å². The van der Waals surface area contributed by atoms with Crippen molar-refractivity contribution in [3.05, 3.63) is 59.3 Å². The molecule has 0 aliphatic heterocycles. The van der Waals surface area contributed by atoms with E-state index in [0.717, 1.165) is 23.6 Å². The van der Waals surface area contributed by atoms with Gasteiger partial charge >= 0.3 is 0 Å². The second kappa shape index (κ2) is 5.15. The summed E-state index contributed by atoms with van der Waals surface area (Å²) in [6, 6.07) is 10.4. The third kappa shape index (κ3) is 2.74. The van der Waals surface area contributed by atoms with Crippen molar-refractivity contribution < 1.29 is 8.81 Å². The van der Waals surface area contributed by atoms with Crippen LogP contribution in [-0.2, 0) is 0 Å². The summed E-state index contributed by atoms with van der Waals surface area (Å²) in [4.78, 5) is 0. The van der Waals surface area contributed by atoms with E-state index in [4.69, 9.17) is 4.42 Å². The van der Waals surface area contributed by atoms with Crippen molar-refractivity contribution in [1.29, 1.82) is 0 Å². The standard InChI is InChI=1S/C14H16FNO/c1-3-16-14(13-9-4-10(2)17-13)11-5-7-12(15)8-6-11/h4-9,14,16H,3H2,1-2H3. The largest absolute Gasteiger partial charge is 0.464 e. The average Bonchev–Trinajstić information content (AvgIpc) is 2.74. The minimum atomic E-state index is -0.223. The molecule has 90 valence electrons. The van der Waals surface area contributed by atoms with Crippen molar-refractivity contribution in [2.45, 2.75) is 19.9 Å². The van der Waals surface area contributed by atoms with Gasteiger partial charge < -0.3 is 9.73 Å². The summed E-state index contributed by atoms with van der Waals surface area (Å²) in [5.41, 5.74) is 1.00. The lowest BCUT2D eigenvalue weighted by molar-refractivity contribution is 0.434. The van der Waals surface area contributed by atoms with Crippen LogP contribution in [0.3, 0.4) is 0 Å². The van der Waals surface area contributed by atoms with Gasteiger partial charge in [-0.2, -0.15) is 0 Å². The van der Waals surface area contributed by atoms with Gasteiger partial charge in [-0.3, -0.25) is 0 Å². The lowest BCUT2D eigenvalue weighted by Gasteiger charge is -2.15. The molecule has 0 fully saturated rings. The Morgan fingerprint density at radius 2 is 1.88 bits per heavy atom. The van der Waals surface area contributed by atoms with Gasteiger partial charge in [0.2, 0.25) is 0 Å². The van der Waals surface area contributed by atoms with E-state index in [2.05, 4.69) is 5.32 Å². The van der Waals surface area contributed by atoms with Gasteiger partial charge in [0.25, 0.3) is 0 Å². The van der Waals surface area contributed by atoms with Gasteiger partial charge in [0.05, 0.1) is 6.04 Å². The fourth-order valence-electron chi connectivity index (χ4n) is 1.85. The molecule has 1 atom stereocenters. The Morgan fingerprint density at radius 3 is 2.41 bits per heavy atom. The van der Waals surface area contributed by atoms with Crippen LogP contribution in [0.1, 0.15) is 30.0 Å². The van der Waals surface area contributed by atoms with Gasteiger partial charge in [-0.15, -0.1) is 0 Å². The molecule has 0 spiro atoms. The van der Waals surface area contributed by atoms with Crippen LogP contribution in [0.25, 0.3) is 0 Å². The highest BCUT2D eigenvalue weighted by molar-refractivity contribution is 5.27. The van der Waals surface area contributed by atoms with E-state index in [9.17, 15) is 4.39 Å². The summed E-state index contributed by atoms with van der Waals surface area (Å²) < 4.78 is 18.5. The molecular weight excluding hydrogens is 217 g/mol. The van der Waals surface area contributed by atoms with E-state index in [1.165, 1.54) is 12.1 Å². The molecule has 1 aromatic heterocycles. The number of halogens is 1. The number of aryl methyl sites for hydroxylation is 1. The number of rotatable bonds is 4. The predicted octanol–water partition coefficient (Wildman–Crippen LogP) is 3.43. The highest BCUT2D eigenvalue weighted by Crippen LogP contribution is 2.23. The molecule has 0 saturated carbocycles. The zero-order valence-electron chi connectivity index (χ0n) is 10.0. The molecule has 1 N–H and O–H groups in total. The second-order valence-electron chi connectivity index (χ2n) is 3.99. The minimum absolute atomic E-state index is 0.0192. The molecule has 0 saturated heterocycles. The molecule has 1 unspecified atom stereocenters. The number of furan rings is 1. The molecule has 0 bridgehead atoms. The van der Waals surface area contributed by atoms with Crippen molar-refractivity contribution in [2.24, 2.45) is 0 Å². The topological polar surface area (TPSA) is 25.2 Å². The van der Waals surface area contributed by atoms with Crippen LogP contribution in [0.2, 0.25) is 0 Å². The third-order valence-corrected chi connectivity index (χ3v) is 2.66. The van der Waals surface area contributed by atoms with E-state index in [0.29, 0.717) is 0 Å². The fraction of sp³-hybridized carbons (Fsp3) is 0.286. The number of nitrogens with one attached hydrogen (secondary N) is 1. The normalized spacial score (nSPS) is 12.6. The highest BCUT2D eigenvalue weighted by Gasteiger charge is 2.16. The van der Waals surface area contributed by atoms with Crippen LogP contribution >= 0.6 is 0 Å². The Kier molecular flexibility index (Phi) is 3.59. The number of hydrogen-bond acceptors (Lipinski definition) is 2. The summed E-state index contributed by atoms with van der Waals surface area (Å²) in [7, 11) is 0. The first kappa shape index (κ1) is 11.9. The summed E-state index contributed by atoms with van der Waals surface area (Å²) in [5, 5.41) is 3.33. The lowest BCUT2D eigenvalue weighted by Crippen LogP contribution is -2.21. The number of hydrogen-bond donors (Lipinski definition) is 1. The first-order chi connectivity index (χ1) is 8.20. The van der Waals surface area contributed by atoms with Crippen molar-refractivity contribution in [1.82, 2.24) is 5.32 Å². The van der Waals surface area contributed by atoms with Gasteiger partial charge in [-0.1, -0.05) is 19.1 Å². The second-order valence-corrected chi connectivity index (χ2v) is 3.99. The molecule has 0 aliphatic carbocycles. The maximum Gasteiger partial charge on any atom is 0.125 e. The molecule has 0 amide bonds. The van der Waals surface area contributed by atoms with Crippen LogP contribution in [0.4, 0.5) is 4.39 Å². The quantitative estimate of drug-likeness (QED) is 0.875. The smallest absolute Gasteiger partial charge is 0.125 e. The van der Waals surface area contributed by atoms with Gasteiger partial charge in [0, 0.05) is 0 Å². The Labute approximate surface area is 100 Å². The Hall–Kier alpha value is -1.61. The van der Waals surface area contributed by atoms with Crippen LogP contribution < -0.4 is 5.32 Å². The monoisotopic (exact) mass is 233 g/mol. The molecule has 2 rings (SSSR count). The Morgan fingerprint density at radius 1 is 1.18 bits per heavy atom. The first-order valence-corrected chi connectivity index (χ1v) is 5.76. The Bertz CT molecular complexity index is 475. The van der Waals surface area contributed by atoms with Crippen LogP contribution in [0, 0.1) is 12.7 Å². The summed E-state index contributed by atoms with van der Waals surface area (Å²) in [6.45, 7) is 4.77. The van der Waals surface area contributed by atoms with Gasteiger partial charge in [0.15, 0.2) is 0 Å². The van der Waals surface area contributed by atoms with E-state index in [1.807, 2.05) is 26.0 Å². The maximum atomic E-state index is 12.9. The van der Waals surface area contributed by atoms with Crippen LogP contribution in [0.15, 0.2) is 40.8 Å². The third-order valence-electron chi connectivity index (χ3n) is 2.66. The van der Waals surface area contributed by atoms with E-state index < -0.39 is 0 Å². The average molecular weight is 233 g/mol. The molecule has 3 heteroatoms. The molecular formula is C14H16FNO. The molecule has 1 heterocycles. The predicted molar refractivity (Wildman–Crippen MR) is 65.4 cm³/mol. The molecule has 17 heavy (non-hydrogen) atoms. The highest BCUT2D eigenvalue weighted by atomic mass is 19.1. The zero-order chi connectivity index (χ0) is 12.3. The minimum Gasteiger partial charge on any atom is -0.464 e. The van der Waals surface area contributed by atoms with E-state index >= 15 is 0 Å². The fourth-order valence-corrected chi connectivity index (χ4v) is 1.85. The molecule has 2 aromatic rings. The maximum absolute atomic E-state index is 12.9. The SMILES string of the molecule is CCNC(c1ccc(F)cc1)c1ccc(C)o1. The summed E-state index contributed by atoms with van der Waals surface area (Å²) in [5.74, 6) is 1.51.